The molecule has 0 saturated heterocycles. The molecule has 0 bridgehead atoms. The first-order chi connectivity index (χ1) is 8.58. The number of para-hydroxylation sites is 1. The van der Waals surface area contributed by atoms with Crippen molar-refractivity contribution in [1.82, 2.24) is 4.98 Å². The summed E-state index contributed by atoms with van der Waals surface area (Å²) in [5.74, 6) is -0.912. The molecule has 0 atom stereocenters. The molecule has 0 aliphatic heterocycles. The predicted octanol–water partition coefficient (Wildman–Crippen LogP) is 1.80. The van der Waals surface area contributed by atoms with Gasteiger partial charge in [-0.2, -0.15) is 0 Å². The minimum atomic E-state index is -0.623. The van der Waals surface area contributed by atoms with Crippen LogP contribution in [0.25, 0.3) is 0 Å². The lowest BCUT2D eigenvalue weighted by molar-refractivity contribution is 0.0997. The maximum atomic E-state index is 12.0. The van der Waals surface area contributed by atoms with Crippen LogP contribution in [-0.4, -0.2) is 16.8 Å². The molecule has 2 rings (SSSR count). The molecule has 0 radical (unpaired) electrons. The van der Waals surface area contributed by atoms with Crippen LogP contribution in [0.5, 0.6) is 0 Å². The second kappa shape index (κ2) is 4.97. The van der Waals surface area contributed by atoms with Crippen LogP contribution in [0.3, 0.4) is 0 Å². The van der Waals surface area contributed by atoms with Gasteiger partial charge in [0.25, 0.3) is 11.8 Å². The summed E-state index contributed by atoms with van der Waals surface area (Å²) in [6.07, 6.45) is 0. The standard InChI is InChI=1S/C12H11N3O2S/c1-7-9(18-12(14-7)10(13)16)11(17)15-8-5-3-2-4-6-8/h2-6H,1H3,(H2,13,16)(H,15,17). The highest BCUT2D eigenvalue weighted by molar-refractivity contribution is 7.15. The molecule has 2 aromatic rings. The summed E-state index contributed by atoms with van der Waals surface area (Å²) >= 11 is 0.997. The number of carbonyl (C=O) groups is 2. The number of carbonyl (C=O) groups excluding carboxylic acids is 2. The highest BCUT2D eigenvalue weighted by Crippen LogP contribution is 2.19. The Hall–Kier alpha value is -2.21. The molecule has 0 spiro atoms. The Labute approximate surface area is 108 Å². The number of amides is 2. The Morgan fingerprint density at radius 3 is 2.50 bits per heavy atom. The zero-order chi connectivity index (χ0) is 13.1. The van der Waals surface area contributed by atoms with Gasteiger partial charge in [-0.25, -0.2) is 4.98 Å². The van der Waals surface area contributed by atoms with Crippen LogP contribution in [0.4, 0.5) is 5.69 Å². The average molecular weight is 261 g/mol. The number of benzene rings is 1. The van der Waals surface area contributed by atoms with Crippen molar-refractivity contribution in [2.75, 3.05) is 5.32 Å². The molecule has 1 aromatic heterocycles. The summed E-state index contributed by atoms with van der Waals surface area (Å²) in [7, 11) is 0. The molecule has 5 nitrogen and oxygen atoms in total. The molecular weight excluding hydrogens is 250 g/mol. The summed E-state index contributed by atoms with van der Waals surface area (Å²) in [6, 6.07) is 9.07. The van der Waals surface area contributed by atoms with Gasteiger partial charge in [-0.1, -0.05) is 18.2 Å². The quantitative estimate of drug-likeness (QED) is 0.883. The van der Waals surface area contributed by atoms with Crippen LogP contribution >= 0.6 is 11.3 Å². The van der Waals surface area contributed by atoms with E-state index in [-0.39, 0.29) is 10.9 Å². The minimum absolute atomic E-state index is 0.144. The number of thiazole rings is 1. The van der Waals surface area contributed by atoms with E-state index >= 15 is 0 Å². The lowest BCUT2D eigenvalue weighted by Gasteiger charge is -2.02. The number of primary amides is 1. The smallest absolute Gasteiger partial charge is 0.277 e. The van der Waals surface area contributed by atoms with Crippen molar-refractivity contribution in [2.24, 2.45) is 5.73 Å². The second-order valence-corrected chi connectivity index (χ2v) is 4.62. The van der Waals surface area contributed by atoms with Crippen molar-refractivity contribution in [2.45, 2.75) is 6.92 Å². The van der Waals surface area contributed by atoms with Gasteiger partial charge in [-0.15, -0.1) is 11.3 Å². The topological polar surface area (TPSA) is 85.1 Å². The van der Waals surface area contributed by atoms with Gasteiger partial charge in [0.1, 0.15) is 4.88 Å². The van der Waals surface area contributed by atoms with Gasteiger partial charge in [0, 0.05) is 5.69 Å². The lowest BCUT2D eigenvalue weighted by atomic mass is 10.3. The van der Waals surface area contributed by atoms with E-state index in [4.69, 9.17) is 5.73 Å². The molecule has 18 heavy (non-hydrogen) atoms. The highest BCUT2D eigenvalue weighted by Gasteiger charge is 2.17. The number of nitrogens with zero attached hydrogens (tertiary/aromatic N) is 1. The van der Waals surface area contributed by atoms with Crippen LogP contribution in [0, 0.1) is 6.92 Å². The van der Waals surface area contributed by atoms with Gasteiger partial charge in [0.05, 0.1) is 5.69 Å². The lowest BCUT2D eigenvalue weighted by Crippen LogP contribution is -2.11. The number of aromatic nitrogens is 1. The van der Waals surface area contributed by atoms with Crippen LogP contribution in [0.1, 0.15) is 25.2 Å². The third kappa shape index (κ3) is 2.54. The van der Waals surface area contributed by atoms with Crippen molar-refractivity contribution in [3.8, 4) is 0 Å². The summed E-state index contributed by atoms with van der Waals surface area (Å²) in [5, 5.41) is 2.87. The molecule has 0 saturated carbocycles. The number of hydrogen-bond donors (Lipinski definition) is 2. The number of anilines is 1. The first-order valence-corrected chi connectivity index (χ1v) is 6.03. The van der Waals surface area contributed by atoms with E-state index in [2.05, 4.69) is 10.3 Å². The van der Waals surface area contributed by atoms with Crippen LogP contribution < -0.4 is 11.1 Å². The van der Waals surface area contributed by atoms with Crippen molar-refractivity contribution in [3.63, 3.8) is 0 Å². The zero-order valence-corrected chi connectivity index (χ0v) is 10.5. The van der Waals surface area contributed by atoms with Crippen molar-refractivity contribution < 1.29 is 9.59 Å². The monoisotopic (exact) mass is 261 g/mol. The first-order valence-electron chi connectivity index (χ1n) is 5.21. The largest absolute Gasteiger partial charge is 0.364 e. The molecule has 92 valence electrons. The van der Waals surface area contributed by atoms with Gasteiger partial charge in [0.15, 0.2) is 5.01 Å². The van der Waals surface area contributed by atoms with E-state index in [0.29, 0.717) is 16.3 Å². The molecule has 0 aliphatic rings. The van der Waals surface area contributed by atoms with E-state index < -0.39 is 5.91 Å². The summed E-state index contributed by atoms with van der Waals surface area (Å²) < 4.78 is 0. The fourth-order valence-electron chi connectivity index (χ4n) is 1.42. The van der Waals surface area contributed by atoms with Gasteiger partial charge >= 0.3 is 0 Å². The SMILES string of the molecule is Cc1nc(C(N)=O)sc1C(=O)Nc1ccccc1. The third-order valence-corrected chi connectivity index (χ3v) is 3.42. The van der Waals surface area contributed by atoms with E-state index in [1.165, 1.54) is 0 Å². The molecule has 6 heteroatoms. The normalized spacial score (nSPS) is 10.1. The summed E-state index contributed by atoms with van der Waals surface area (Å²) in [4.78, 5) is 27.3. The Morgan fingerprint density at radius 1 is 1.28 bits per heavy atom. The van der Waals surface area contributed by atoms with Crippen LogP contribution in [0.2, 0.25) is 0 Å². The number of nitrogens with two attached hydrogens (primary N) is 1. The Bertz CT molecular complexity index is 593. The van der Waals surface area contributed by atoms with Crippen molar-refractivity contribution in [1.29, 1.82) is 0 Å². The Balaban J connectivity index is 2.22. The van der Waals surface area contributed by atoms with Crippen molar-refractivity contribution >= 4 is 28.8 Å². The van der Waals surface area contributed by atoms with E-state index in [1.54, 1.807) is 19.1 Å². The van der Waals surface area contributed by atoms with E-state index in [0.717, 1.165) is 11.3 Å². The van der Waals surface area contributed by atoms with Gasteiger partial charge in [-0.05, 0) is 19.1 Å². The summed E-state index contributed by atoms with van der Waals surface area (Å²) in [6.45, 7) is 1.67. The van der Waals surface area contributed by atoms with E-state index in [9.17, 15) is 9.59 Å². The van der Waals surface area contributed by atoms with Crippen LogP contribution in [-0.2, 0) is 0 Å². The average Bonchev–Trinajstić information content (AvgIpc) is 2.73. The predicted molar refractivity (Wildman–Crippen MR) is 69.8 cm³/mol. The van der Waals surface area contributed by atoms with Crippen molar-refractivity contribution in [3.05, 3.63) is 45.9 Å². The number of hydrogen-bond acceptors (Lipinski definition) is 4. The molecule has 0 fully saturated rings. The fraction of sp³-hybridized carbons (Fsp3) is 0.0833. The molecule has 1 aromatic carbocycles. The Kier molecular flexibility index (Phi) is 3.38. The highest BCUT2D eigenvalue weighted by atomic mass is 32.1. The Morgan fingerprint density at radius 2 is 1.94 bits per heavy atom. The maximum Gasteiger partial charge on any atom is 0.277 e. The third-order valence-electron chi connectivity index (χ3n) is 2.25. The fourth-order valence-corrected chi connectivity index (χ4v) is 2.24. The van der Waals surface area contributed by atoms with E-state index in [1.807, 2.05) is 18.2 Å². The number of rotatable bonds is 3. The minimum Gasteiger partial charge on any atom is -0.364 e. The number of aryl methyl sites for hydroxylation is 1. The van der Waals surface area contributed by atoms with Gasteiger partial charge in [0.2, 0.25) is 0 Å². The molecule has 3 N–H and O–H groups in total. The number of nitrogens with one attached hydrogen (secondary N) is 1. The van der Waals surface area contributed by atoms with Gasteiger partial charge in [-0.3, -0.25) is 9.59 Å². The van der Waals surface area contributed by atoms with Crippen LogP contribution in [0.15, 0.2) is 30.3 Å². The molecular formula is C12H11N3O2S. The zero-order valence-electron chi connectivity index (χ0n) is 9.64. The maximum absolute atomic E-state index is 12.0. The van der Waals surface area contributed by atoms with Gasteiger partial charge < -0.3 is 11.1 Å². The molecule has 2 amide bonds. The molecule has 1 heterocycles. The molecule has 0 unspecified atom stereocenters. The first kappa shape index (κ1) is 12.3. The molecule has 0 aliphatic carbocycles. The summed E-state index contributed by atoms with van der Waals surface area (Å²) in [5.41, 5.74) is 6.32. The second-order valence-electron chi connectivity index (χ2n) is 3.62.